The van der Waals surface area contributed by atoms with Gasteiger partial charge in [-0.1, -0.05) is 6.92 Å². The summed E-state index contributed by atoms with van der Waals surface area (Å²) < 4.78 is 5.34. The Balaban J connectivity index is 3.65. The summed E-state index contributed by atoms with van der Waals surface area (Å²) in [6.07, 6.45) is 1.12. The van der Waals surface area contributed by atoms with Gasteiger partial charge in [-0.2, -0.15) is 0 Å². The van der Waals surface area contributed by atoms with Crippen LogP contribution in [0.4, 0.5) is 0 Å². The molecule has 0 radical (unpaired) electrons. The van der Waals surface area contributed by atoms with Gasteiger partial charge in [0.15, 0.2) is 0 Å². The maximum absolute atomic E-state index is 10.7. The lowest BCUT2D eigenvalue weighted by Gasteiger charge is -2.15. The summed E-state index contributed by atoms with van der Waals surface area (Å²) in [7, 11) is 1.69. The molecule has 0 aliphatic heterocycles. The molecule has 0 aromatic rings. The zero-order valence-corrected chi connectivity index (χ0v) is 7.96. The molecule has 4 heteroatoms. The highest BCUT2D eigenvalue weighted by Crippen LogP contribution is 1.96. The van der Waals surface area contributed by atoms with E-state index in [-0.39, 0.29) is 18.1 Å². The van der Waals surface area contributed by atoms with Crippen LogP contribution in [0.5, 0.6) is 0 Å². The largest absolute Gasteiger partial charge is 0.376 e. The monoisotopic (exact) mass is 174 g/mol. The van der Waals surface area contributed by atoms with Crippen LogP contribution in [0.1, 0.15) is 20.3 Å². The molecule has 1 amide bonds. The first-order chi connectivity index (χ1) is 5.61. The van der Waals surface area contributed by atoms with Crippen LogP contribution in [-0.2, 0) is 9.53 Å². The second-order valence-electron chi connectivity index (χ2n) is 2.80. The number of ether oxygens (including phenoxy) is 1. The molecule has 0 aliphatic carbocycles. The van der Waals surface area contributed by atoms with Crippen molar-refractivity contribution in [3.05, 3.63) is 0 Å². The van der Waals surface area contributed by atoms with Gasteiger partial charge in [0.05, 0.1) is 12.7 Å². The van der Waals surface area contributed by atoms with Crippen LogP contribution in [-0.4, -0.2) is 31.7 Å². The first kappa shape index (κ1) is 11.4. The van der Waals surface area contributed by atoms with Crippen molar-refractivity contribution in [3.8, 4) is 0 Å². The fraction of sp³-hybridized carbons (Fsp3) is 0.875. The summed E-state index contributed by atoms with van der Waals surface area (Å²) in [6.45, 7) is 4.35. The Morgan fingerprint density at radius 3 is 2.58 bits per heavy atom. The first-order valence-electron chi connectivity index (χ1n) is 4.20. The molecule has 3 N–H and O–H groups in total. The van der Waals surface area contributed by atoms with Gasteiger partial charge in [0, 0.05) is 0 Å². The number of rotatable bonds is 6. The summed E-state index contributed by atoms with van der Waals surface area (Å²) >= 11 is 0. The quantitative estimate of drug-likeness (QED) is 0.590. The molecule has 0 saturated carbocycles. The number of carbonyl (C=O) groups excluding carboxylic acids is 1. The van der Waals surface area contributed by atoms with Gasteiger partial charge >= 0.3 is 0 Å². The Kier molecular flexibility index (Phi) is 5.66. The van der Waals surface area contributed by atoms with Crippen molar-refractivity contribution in [2.24, 2.45) is 5.73 Å². The van der Waals surface area contributed by atoms with Gasteiger partial charge in [-0.05, 0) is 20.4 Å². The lowest BCUT2D eigenvalue weighted by molar-refractivity contribution is -0.121. The molecule has 0 aliphatic rings. The number of nitrogens with one attached hydrogen (secondary N) is 1. The average molecular weight is 174 g/mol. The smallest absolute Gasteiger partial charge is 0.236 e. The van der Waals surface area contributed by atoms with E-state index in [0.717, 1.165) is 6.42 Å². The maximum Gasteiger partial charge on any atom is 0.236 e. The second kappa shape index (κ2) is 5.97. The molecule has 0 aromatic carbocycles. The summed E-state index contributed by atoms with van der Waals surface area (Å²) in [4.78, 5) is 10.7. The molecule has 4 nitrogen and oxygen atoms in total. The summed E-state index contributed by atoms with van der Waals surface area (Å²) in [5.74, 6) is -0.374. The van der Waals surface area contributed by atoms with Crippen LogP contribution in [0.25, 0.3) is 0 Å². The van der Waals surface area contributed by atoms with Crippen LogP contribution in [0.15, 0.2) is 0 Å². The van der Waals surface area contributed by atoms with E-state index in [4.69, 9.17) is 10.5 Å². The van der Waals surface area contributed by atoms with E-state index in [1.54, 1.807) is 7.05 Å². The molecule has 0 spiro atoms. The van der Waals surface area contributed by atoms with Crippen molar-refractivity contribution in [2.45, 2.75) is 32.4 Å². The van der Waals surface area contributed by atoms with Crippen molar-refractivity contribution in [1.29, 1.82) is 0 Å². The Hall–Kier alpha value is -0.610. The molecule has 0 saturated heterocycles. The third-order valence-corrected chi connectivity index (χ3v) is 1.81. The van der Waals surface area contributed by atoms with E-state index in [0.29, 0.717) is 6.61 Å². The molecule has 0 fully saturated rings. The molecule has 0 rings (SSSR count). The number of likely N-dealkylation sites (N-methyl/N-ethyl adjacent to an activating group) is 1. The number of hydrogen-bond donors (Lipinski definition) is 2. The Labute approximate surface area is 73.5 Å². The molecular weight excluding hydrogens is 156 g/mol. The van der Waals surface area contributed by atoms with Crippen molar-refractivity contribution < 1.29 is 9.53 Å². The summed E-state index contributed by atoms with van der Waals surface area (Å²) in [6, 6.07) is -0.376. The molecule has 12 heavy (non-hydrogen) atoms. The highest BCUT2D eigenvalue weighted by atomic mass is 16.5. The van der Waals surface area contributed by atoms with E-state index in [2.05, 4.69) is 5.32 Å². The van der Waals surface area contributed by atoms with Gasteiger partial charge < -0.3 is 15.8 Å². The topological polar surface area (TPSA) is 64.3 Å². The molecule has 2 unspecified atom stereocenters. The SMILES string of the molecule is CCC(C)OCC(NC)C(N)=O. The zero-order chi connectivity index (χ0) is 9.56. The van der Waals surface area contributed by atoms with Gasteiger partial charge in [-0.15, -0.1) is 0 Å². The standard InChI is InChI=1S/C8H18N2O2/c1-4-6(2)12-5-7(10-3)8(9)11/h6-7,10H,4-5H2,1-3H3,(H2,9,11). The number of nitrogens with two attached hydrogens (primary N) is 1. The lowest BCUT2D eigenvalue weighted by atomic mass is 10.3. The van der Waals surface area contributed by atoms with E-state index >= 15 is 0 Å². The van der Waals surface area contributed by atoms with Gasteiger partial charge in [0.2, 0.25) is 5.91 Å². The first-order valence-corrected chi connectivity index (χ1v) is 4.20. The van der Waals surface area contributed by atoms with Crippen LogP contribution >= 0.6 is 0 Å². The number of primary amides is 1. The summed E-state index contributed by atoms with van der Waals surface area (Å²) in [5, 5.41) is 2.78. The van der Waals surface area contributed by atoms with Crippen molar-refractivity contribution in [2.75, 3.05) is 13.7 Å². The molecular formula is C8H18N2O2. The van der Waals surface area contributed by atoms with Crippen LogP contribution in [0.2, 0.25) is 0 Å². The minimum atomic E-state index is -0.376. The van der Waals surface area contributed by atoms with Gasteiger partial charge in [-0.3, -0.25) is 4.79 Å². The fourth-order valence-electron chi connectivity index (χ4n) is 0.686. The number of hydrogen-bond acceptors (Lipinski definition) is 3. The number of carbonyl (C=O) groups is 1. The molecule has 2 atom stereocenters. The highest BCUT2D eigenvalue weighted by Gasteiger charge is 2.13. The molecule has 0 bridgehead atoms. The summed E-state index contributed by atoms with van der Waals surface area (Å²) in [5.41, 5.74) is 5.09. The minimum Gasteiger partial charge on any atom is -0.376 e. The van der Waals surface area contributed by atoms with E-state index in [1.807, 2.05) is 13.8 Å². The Bertz CT molecular complexity index is 139. The highest BCUT2D eigenvalue weighted by molar-refractivity contribution is 5.79. The van der Waals surface area contributed by atoms with Crippen molar-refractivity contribution in [3.63, 3.8) is 0 Å². The normalized spacial score (nSPS) is 15.6. The lowest BCUT2D eigenvalue weighted by Crippen LogP contribution is -2.43. The average Bonchev–Trinajstić information content (AvgIpc) is 2.04. The van der Waals surface area contributed by atoms with Crippen molar-refractivity contribution >= 4 is 5.91 Å². The van der Waals surface area contributed by atoms with Gasteiger partial charge in [-0.25, -0.2) is 0 Å². The molecule has 72 valence electrons. The van der Waals surface area contributed by atoms with E-state index in [1.165, 1.54) is 0 Å². The molecule has 0 aromatic heterocycles. The Morgan fingerprint density at radius 2 is 2.25 bits per heavy atom. The van der Waals surface area contributed by atoms with Gasteiger partial charge in [0.25, 0.3) is 0 Å². The van der Waals surface area contributed by atoms with E-state index in [9.17, 15) is 4.79 Å². The van der Waals surface area contributed by atoms with Crippen LogP contribution in [0, 0.1) is 0 Å². The van der Waals surface area contributed by atoms with E-state index < -0.39 is 0 Å². The van der Waals surface area contributed by atoms with Gasteiger partial charge in [0.1, 0.15) is 6.04 Å². The number of amides is 1. The second-order valence-corrected chi connectivity index (χ2v) is 2.80. The third-order valence-electron chi connectivity index (χ3n) is 1.81. The van der Waals surface area contributed by atoms with Crippen LogP contribution in [0.3, 0.4) is 0 Å². The van der Waals surface area contributed by atoms with Crippen LogP contribution < -0.4 is 11.1 Å². The minimum absolute atomic E-state index is 0.181. The predicted molar refractivity (Wildman–Crippen MR) is 47.7 cm³/mol. The third kappa shape index (κ3) is 4.31. The fourth-order valence-corrected chi connectivity index (χ4v) is 0.686. The Morgan fingerprint density at radius 1 is 1.67 bits per heavy atom. The maximum atomic E-state index is 10.7. The zero-order valence-electron chi connectivity index (χ0n) is 7.96. The van der Waals surface area contributed by atoms with Crippen molar-refractivity contribution in [1.82, 2.24) is 5.32 Å². The predicted octanol–water partition coefficient (Wildman–Crippen LogP) is -0.125. The molecule has 0 heterocycles.